The number of aryl methyl sites for hydroxylation is 1. The van der Waals surface area contributed by atoms with E-state index in [0.29, 0.717) is 12.1 Å². The van der Waals surface area contributed by atoms with E-state index >= 15 is 0 Å². The molecule has 2 heterocycles. The normalized spacial score (nSPS) is 22.7. The van der Waals surface area contributed by atoms with Gasteiger partial charge in [0.25, 0.3) is 0 Å². The van der Waals surface area contributed by atoms with E-state index in [2.05, 4.69) is 31.9 Å². The van der Waals surface area contributed by atoms with Gasteiger partial charge in [-0.1, -0.05) is 6.92 Å². The van der Waals surface area contributed by atoms with Crippen LogP contribution in [0.4, 0.5) is 0 Å². The molecule has 1 aromatic heterocycles. The van der Waals surface area contributed by atoms with E-state index in [0.717, 1.165) is 37.7 Å². The number of hydrogen-bond acceptors (Lipinski definition) is 4. The van der Waals surface area contributed by atoms with E-state index in [4.69, 9.17) is 0 Å². The molecule has 1 aliphatic heterocycles. The van der Waals surface area contributed by atoms with Crippen LogP contribution in [0.25, 0.3) is 0 Å². The van der Waals surface area contributed by atoms with Crippen LogP contribution >= 0.6 is 0 Å². The molecule has 21 heavy (non-hydrogen) atoms. The Balaban J connectivity index is 1.60. The van der Waals surface area contributed by atoms with Crippen LogP contribution in [0.5, 0.6) is 0 Å². The fourth-order valence-electron chi connectivity index (χ4n) is 3.21. The molecule has 1 saturated carbocycles. The molecule has 1 aliphatic carbocycles. The molecule has 1 aromatic rings. The standard InChI is InChI=1S/C15H25N5O/c1-3-14-16-15(18-17-14)10-19-8-4-5-13(19)9-20(11(2)21)12-6-7-12/h12-13H,3-10H2,1-2H3,(H,16,17,18). The van der Waals surface area contributed by atoms with Crippen LogP contribution in [0.15, 0.2) is 0 Å². The van der Waals surface area contributed by atoms with Gasteiger partial charge in [-0.3, -0.25) is 14.8 Å². The number of carbonyl (C=O) groups excluding carboxylic acids is 1. The first kappa shape index (κ1) is 14.5. The van der Waals surface area contributed by atoms with Gasteiger partial charge >= 0.3 is 0 Å². The molecule has 1 amide bonds. The van der Waals surface area contributed by atoms with Crippen molar-refractivity contribution in [2.45, 2.75) is 64.6 Å². The summed E-state index contributed by atoms with van der Waals surface area (Å²) in [6, 6.07) is 0.964. The Morgan fingerprint density at radius 2 is 2.24 bits per heavy atom. The largest absolute Gasteiger partial charge is 0.338 e. The van der Waals surface area contributed by atoms with Crippen LogP contribution in [0.3, 0.4) is 0 Å². The van der Waals surface area contributed by atoms with Gasteiger partial charge in [0.1, 0.15) is 11.6 Å². The molecule has 1 saturated heterocycles. The SMILES string of the molecule is CCc1n[nH]c(CN2CCCC2CN(C(C)=O)C2CC2)n1. The number of aromatic nitrogens is 3. The van der Waals surface area contributed by atoms with E-state index in [9.17, 15) is 4.79 Å². The van der Waals surface area contributed by atoms with Crippen LogP contribution < -0.4 is 0 Å². The smallest absolute Gasteiger partial charge is 0.219 e. The van der Waals surface area contributed by atoms with Crippen molar-refractivity contribution in [2.75, 3.05) is 13.1 Å². The van der Waals surface area contributed by atoms with Crippen molar-refractivity contribution in [3.63, 3.8) is 0 Å². The molecular formula is C15H25N5O. The number of nitrogens with zero attached hydrogens (tertiary/aromatic N) is 4. The Kier molecular flexibility index (Phi) is 4.24. The number of carbonyl (C=O) groups is 1. The second-order valence-electron chi connectivity index (χ2n) is 6.22. The highest BCUT2D eigenvalue weighted by atomic mass is 16.2. The maximum atomic E-state index is 11.8. The molecule has 0 radical (unpaired) electrons. The summed E-state index contributed by atoms with van der Waals surface area (Å²) in [7, 11) is 0. The van der Waals surface area contributed by atoms with Gasteiger partial charge in [0.05, 0.1) is 6.54 Å². The zero-order valence-corrected chi connectivity index (χ0v) is 13.0. The molecule has 0 aromatic carbocycles. The minimum atomic E-state index is 0.220. The average molecular weight is 291 g/mol. The molecule has 1 unspecified atom stereocenters. The first-order valence-corrected chi connectivity index (χ1v) is 8.08. The van der Waals surface area contributed by atoms with Crippen LogP contribution in [0.2, 0.25) is 0 Å². The fourth-order valence-corrected chi connectivity index (χ4v) is 3.21. The van der Waals surface area contributed by atoms with Crippen LogP contribution in [0, 0.1) is 0 Å². The quantitative estimate of drug-likeness (QED) is 0.859. The van der Waals surface area contributed by atoms with Crippen LogP contribution in [-0.4, -0.2) is 56.1 Å². The summed E-state index contributed by atoms with van der Waals surface area (Å²) in [5, 5.41) is 7.23. The van der Waals surface area contributed by atoms with Crippen molar-refractivity contribution in [1.82, 2.24) is 25.0 Å². The fraction of sp³-hybridized carbons (Fsp3) is 0.800. The van der Waals surface area contributed by atoms with Crippen molar-refractivity contribution >= 4 is 5.91 Å². The lowest BCUT2D eigenvalue weighted by Crippen LogP contribution is -2.43. The summed E-state index contributed by atoms with van der Waals surface area (Å²) < 4.78 is 0. The Labute approximate surface area is 125 Å². The Bertz CT molecular complexity index is 496. The molecule has 0 bridgehead atoms. The minimum absolute atomic E-state index is 0.220. The highest BCUT2D eigenvalue weighted by Gasteiger charge is 2.35. The number of aromatic amines is 1. The van der Waals surface area contributed by atoms with Gasteiger partial charge in [0, 0.05) is 32.0 Å². The van der Waals surface area contributed by atoms with Gasteiger partial charge in [-0.05, 0) is 32.2 Å². The Hall–Kier alpha value is -1.43. The van der Waals surface area contributed by atoms with Crippen molar-refractivity contribution in [2.24, 2.45) is 0 Å². The zero-order chi connectivity index (χ0) is 14.8. The lowest BCUT2D eigenvalue weighted by atomic mass is 10.2. The molecule has 2 fully saturated rings. The molecule has 2 aliphatic rings. The predicted molar refractivity (Wildman–Crippen MR) is 79.6 cm³/mol. The predicted octanol–water partition coefficient (Wildman–Crippen LogP) is 1.34. The first-order chi connectivity index (χ1) is 10.2. The molecule has 6 nitrogen and oxygen atoms in total. The lowest BCUT2D eigenvalue weighted by Gasteiger charge is -2.30. The van der Waals surface area contributed by atoms with E-state index in [-0.39, 0.29) is 5.91 Å². The maximum absolute atomic E-state index is 11.8. The summed E-state index contributed by atoms with van der Waals surface area (Å²) in [6.45, 7) is 6.53. The van der Waals surface area contributed by atoms with Gasteiger partial charge in [0.15, 0.2) is 0 Å². The maximum Gasteiger partial charge on any atom is 0.219 e. The van der Waals surface area contributed by atoms with Gasteiger partial charge < -0.3 is 4.90 Å². The summed E-state index contributed by atoms with van der Waals surface area (Å²) >= 11 is 0. The first-order valence-electron chi connectivity index (χ1n) is 8.08. The third kappa shape index (κ3) is 3.43. The topological polar surface area (TPSA) is 65.1 Å². The molecule has 6 heteroatoms. The second kappa shape index (κ2) is 6.13. The van der Waals surface area contributed by atoms with Crippen molar-refractivity contribution in [3.05, 3.63) is 11.6 Å². The van der Waals surface area contributed by atoms with Crippen LogP contribution in [-0.2, 0) is 17.8 Å². The third-order valence-electron chi connectivity index (χ3n) is 4.55. The van der Waals surface area contributed by atoms with Gasteiger partial charge in [-0.25, -0.2) is 4.98 Å². The highest BCUT2D eigenvalue weighted by Crippen LogP contribution is 2.29. The minimum Gasteiger partial charge on any atom is -0.338 e. The molecule has 3 rings (SSSR count). The number of nitrogens with one attached hydrogen (secondary N) is 1. The Morgan fingerprint density at radius 3 is 2.86 bits per heavy atom. The summed E-state index contributed by atoms with van der Waals surface area (Å²) in [4.78, 5) is 20.8. The molecular weight excluding hydrogens is 266 g/mol. The van der Waals surface area contributed by atoms with E-state index in [1.807, 2.05) is 0 Å². The summed E-state index contributed by atoms with van der Waals surface area (Å²) in [6.07, 6.45) is 5.59. The van der Waals surface area contributed by atoms with E-state index < -0.39 is 0 Å². The van der Waals surface area contributed by atoms with E-state index in [1.54, 1.807) is 6.92 Å². The average Bonchev–Trinajstić information content (AvgIpc) is 3.04. The number of likely N-dealkylation sites (tertiary alicyclic amines) is 1. The van der Waals surface area contributed by atoms with Gasteiger partial charge in [-0.2, -0.15) is 5.10 Å². The van der Waals surface area contributed by atoms with Gasteiger partial charge in [-0.15, -0.1) is 0 Å². The Morgan fingerprint density at radius 1 is 1.43 bits per heavy atom. The molecule has 1 atom stereocenters. The number of rotatable bonds is 6. The van der Waals surface area contributed by atoms with Crippen molar-refractivity contribution in [1.29, 1.82) is 0 Å². The van der Waals surface area contributed by atoms with Crippen LogP contribution in [0.1, 0.15) is 51.2 Å². The number of amides is 1. The molecule has 1 N–H and O–H groups in total. The van der Waals surface area contributed by atoms with Crippen molar-refractivity contribution in [3.8, 4) is 0 Å². The van der Waals surface area contributed by atoms with Crippen molar-refractivity contribution < 1.29 is 4.79 Å². The lowest BCUT2D eigenvalue weighted by molar-refractivity contribution is -0.130. The van der Waals surface area contributed by atoms with Gasteiger partial charge in [0.2, 0.25) is 5.91 Å². The number of hydrogen-bond donors (Lipinski definition) is 1. The zero-order valence-electron chi connectivity index (χ0n) is 13.0. The molecule has 116 valence electrons. The summed E-state index contributed by atoms with van der Waals surface area (Å²) in [5.41, 5.74) is 0. The second-order valence-corrected chi connectivity index (χ2v) is 6.22. The monoisotopic (exact) mass is 291 g/mol. The summed E-state index contributed by atoms with van der Waals surface area (Å²) in [5.74, 6) is 2.04. The van der Waals surface area contributed by atoms with E-state index in [1.165, 1.54) is 25.7 Å². The number of H-pyrrole nitrogens is 1. The third-order valence-corrected chi connectivity index (χ3v) is 4.55. The molecule has 0 spiro atoms. The highest BCUT2D eigenvalue weighted by molar-refractivity contribution is 5.74.